The number of halogens is 1. The number of nitrogens with one attached hydrogen (secondary N) is 2. The SMILES string of the molecule is CCCNC(=S)NCC[n+]1ccc(-c2ncc(-c3ccc(OC)cc3)o2)cc1.[Br-]. The second-order valence-electron chi connectivity index (χ2n) is 6.27. The van der Waals surface area contributed by atoms with E-state index in [9.17, 15) is 0 Å². The van der Waals surface area contributed by atoms with Gasteiger partial charge in [0.15, 0.2) is 29.8 Å². The van der Waals surface area contributed by atoms with Gasteiger partial charge >= 0.3 is 0 Å². The van der Waals surface area contributed by atoms with Crippen LogP contribution in [0.15, 0.2) is 59.4 Å². The minimum atomic E-state index is 0. The van der Waals surface area contributed by atoms with E-state index in [4.69, 9.17) is 21.4 Å². The number of hydrogen-bond acceptors (Lipinski definition) is 4. The van der Waals surface area contributed by atoms with Crippen molar-refractivity contribution in [3.05, 3.63) is 55.0 Å². The number of oxazole rings is 1. The summed E-state index contributed by atoms with van der Waals surface area (Å²) in [6.07, 6.45) is 6.82. The lowest BCUT2D eigenvalue weighted by atomic mass is 10.2. The molecule has 0 bridgehead atoms. The molecule has 0 aliphatic carbocycles. The van der Waals surface area contributed by atoms with E-state index in [2.05, 4.69) is 27.1 Å². The lowest BCUT2D eigenvalue weighted by Crippen LogP contribution is -3.00. The number of aromatic nitrogens is 2. The van der Waals surface area contributed by atoms with E-state index in [-0.39, 0.29) is 17.0 Å². The van der Waals surface area contributed by atoms with Crippen molar-refractivity contribution in [1.82, 2.24) is 15.6 Å². The van der Waals surface area contributed by atoms with Gasteiger partial charge in [-0.2, -0.15) is 0 Å². The second kappa shape index (κ2) is 11.5. The van der Waals surface area contributed by atoms with E-state index >= 15 is 0 Å². The van der Waals surface area contributed by atoms with Crippen molar-refractivity contribution in [2.45, 2.75) is 19.9 Å². The lowest BCUT2D eigenvalue weighted by molar-refractivity contribution is -0.694. The highest BCUT2D eigenvalue weighted by Gasteiger charge is 2.10. The molecule has 154 valence electrons. The van der Waals surface area contributed by atoms with E-state index in [0.717, 1.165) is 48.7 Å². The first-order chi connectivity index (χ1) is 13.7. The van der Waals surface area contributed by atoms with Crippen LogP contribution in [0.1, 0.15) is 13.3 Å². The minimum absolute atomic E-state index is 0. The fraction of sp³-hybridized carbons (Fsp3) is 0.286. The van der Waals surface area contributed by atoms with Crippen molar-refractivity contribution in [1.29, 1.82) is 0 Å². The van der Waals surface area contributed by atoms with Crippen molar-refractivity contribution in [3.8, 4) is 28.5 Å². The van der Waals surface area contributed by atoms with Crippen molar-refractivity contribution in [2.24, 2.45) is 0 Å². The topological polar surface area (TPSA) is 63.2 Å². The van der Waals surface area contributed by atoms with Gasteiger partial charge in [-0.25, -0.2) is 9.55 Å². The first kappa shape index (κ1) is 22.8. The zero-order valence-corrected chi connectivity index (χ0v) is 18.9. The molecule has 0 aliphatic rings. The van der Waals surface area contributed by atoms with E-state index < -0.39 is 0 Å². The Morgan fingerprint density at radius 3 is 2.41 bits per heavy atom. The van der Waals surface area contributed by atoms with Crippen LogP contribution in [-0.4, -0.2) is 30.3 Å². The quantitative estimate of drug-likeness (QED) is 0.357. The first-order valence-corrected chi connectivity index (χ1v) is 9.72. The summed E-state index contributed by atoms with van der Waals surface area (Å²) in [4.78, 5) is 4.40. The summed E-state index contributed by atoms with van der Waals surface area (Å²) < 4.78 is 13.2. The highest BCUT2D eigenvalue weighted by Crippen LogP contribution is 2.26. The summed E-state index contributed by atoms with van der Waals surface area (Å²) in [7, 11) is 1.65. The molecule has 0 radical (unpaired) electrons. The zero-order chi connectivity index (χ0) is 19.8. The van der Waals surface area contributed by atoms with Crippen LogP contribution in [0.5, 0.6) is 5.75 Å². The molecule has 0 atom stereocenters. The third-order valence-corrected chi connectivity index (χ3v) is 4.50. The zero-order valence-electron chi connectivity index (χ0n) is 16.5. The Morgan fingerprint density at radius 1 is 1.07 bits per heavy atom. The Kier molecular flexibility index (Phi) is 9.08. The van der Waals surface area contributed by atoms with Crippen molar-refractivity contribution < 1.29 is 30.7 Å². The molecule has 0 amide bonds. The van der Waals surface area contributed by atoms with Crippen LogP contribution in [-0.2, 0) is 6.54 Å². The summed E-state index contributed by atoms with van der Waals surface area (Å²) in [5.74, 6) is 2.14. The van der Waals surface area contributed by atoms with E-state index in [1.807, 2.05) is 48.8 Å². The standard InChI is InChI=1S/C21H24N4O2S.BrH/c1-3-10-22-21(28)23-11-14-25-12-8-17(9-13-25)20-24-15-19(27-20)16-4-6-18(26-2)7-5-16;/h4-9,12-13,15H,3,10-11,14H2,1-2H3,(H-,22,23,28);1H. The van der Waals surface area contributed by atoms with E-state index in [1.165, 1.54) is 0 Å². The Morgan fingerprint density at radius 2 is 1.76 bits per heavy atom. The summed E-state index contributed by atoms with van der Waals surface area (Å²) >= 11 is 5.22. The molecule has 2 heterocycles. The lowest BCUT2D eigenvalue weighted by Gasteiger charge is -2.07. The monoisotopic (exact) mass is 476 g/mol. The number of nitrogens with zero attached hydrogens (tertiary/aromatic N) is 2. The van der Waals surface area contributed by atoms with Gasteiger partial charge in [0.05, 0.1) is 19.9 Å². The maximum absolute atomic E-state index is 5.92. The van der Waals surface area contributed by atoms with Gasteiger partial charge in [0.25, 0.3) is 0 Å². The summed E-state index contributed by atoms with van der Waals surface area (Å²) in [5.41, 5.74) is 1.90. The molecule has 3 rings (SSSR count). The maximum Gasteiger partial charge on any atom is 0.227 e. The van der Waals surface area contributed by atoms with Crippen molar-refractivity contribution in [3.63, 3.8) is 0 Å². The van der Waals surface area contributed by atoms with E-state index in [1.54, 1.807) is 13.3 Å². The van der Waals surface area contributed by atoms with Crippen LogP contribution >= 0.6 is 12.2 Å². The highest BCUT2D eigenvalue weighted by atomic mass is 79.9. The molecule has 8 heteroatoms. The fourth-order valence-corrected chi connectivity index (χ4v) is 2.85. The number of rotatable bonds is 8. The molecule has 0 aliphatic heterocycles. The van der Waals surface area contributed by atoms with Crippen LogP contribution in [0, 0.1) is 0 Å². The largest absolute Gasteiger partial charge is 1.00 e. The van der Waals surface area contributed by atoms with Gasteiger partial charge in [-0.05, 0) is 42.9 Å². The van der Waals surface area contributed by atoms with Gasteiger partial charge in [-0.15, -0.1) is 0 Å². The Labute approximate surface area is 187 Å². The third-order valence-electron chi connectivity index (χ3n) is 4.21. The second-order valence-corrected chi connectivity index (χ2v) is 6.67. The molecule has 2 aromatic heterocycles. The molecule has 3 aromatic rings. The summed E-state index contributed by atoms with van der Waals surface area (Å²) in [6.45, 7) is 4.58. The molecule has 1 aromatic carbocycles. The number of pyridine rings is 1. The molecule has 0 saturated heterocycles. The summed E-state index contributed by atoms with van der Waals surface area (Å²) in [5, 5.41) is 7.06. The smallest absolute Gasteiger partial charge is 0.227 e. The molecule has 0 spiro atoms. The normalized spacial score (nSPS) is 10.1. The van der Waals surface area contributed by atoms with Crippen LogP contribution in [0.3, 0.4) is 0 Å². The van der Waals surface area contributed by atoms with Gasteiger partial charge in [0, 0.05) is 29.8 Å². The van der Waals surface area contributed by atoms with Crippen LogP contribution in [0.25, 0.3) is 22.8 Å². The molecule has 2 N–H and O–H groups in total. The predicted octanol–water partition coefficient (Wildman–Crippen LogP) is 0.183. The summed E-state index contributed by atoms with van der Waals surface area (Å²) in [6, 6.07) is 11.7. The number of methoxy groups -OCH3 is 1. The molecular formula is C21H25BrN4O2S. The molecule has 0 saturated carbocycles. The van der Waals surface area contributed by atoms with Crippen LogP contribution in [0.2, 0.25) is 0 Å². The Balaban J connectivity index is 0.00000300. The Bertz CT molecular complexity index is 898. The van der Waals surface area contributed by atoms with Gasteiger partial charge in [0.2, 0.25) is 5.89 Å². The number of thiocarbonyl (C=S) groups is 1. The average Bonchev–Trinajstić information content (AvgIpc) is 3.23. The van der Waals surface area contributed by atoms with Gasteiger partial charge in [-0.1, -0.05) is 6.92 Å². The van der Waals surface area contributed by atoms with Gasteiger partial charge in [-0.3, -0.25) is 0 Å². The number of hydrogen-bond donors (Lipinski definition) is 2. The Hall–Kier alpha value is -2.45. The van der Waals surface area contributed by atoms with Crippen LogP contribution < -0.4 is 36.9 Å². The molecular weight excluding hydrogens is 452 g/mol. The van der Waals surface area contributed by atoms with Crippen molar-refractivity contribution >= 4 is 17.3 Å². The highest BCUT2D eigenvalue weighted by molar-refractivity contribution is 7.80. The fourth-order valence-electron chi connectivity index (χ4n) is 2.64. The minimum Gasteiger partial charge on any atom is -1.00 e. The molecule has 29 heavy (non-hydrogen) atoms. The first-order valence-electron chi connectivity index (χ1n) is 9.31. The van der Waals surface area contributed by atoms with Gasteiger partial charge in [0.1, 0.15) is 5.75 Å². The van der Waals surface area contributed by atoms with Crippen LogP contribution in [0.4, 0.5) is 0 Å². The van der Waals surface area contributed by atoms with Crippen molar-refractivity contribution in [2.75, 3.05) is 20.2 Å². The number of benzene rings is 1. The maximum atomic E-state index is 5.92. The predicted molar refractivity (Wildman–Crippen MR) is 113 cm³/mol. The van der Waals surface area contributed by atoms with E-state index in [0.29, 0.717) is 11.0 Å². The third kappa shape index (κ3) is 6.54. The average molecular weight is 477 g/mol. The number of ether oxygens (including phenoxy) is 1. The molecule has 0 unspecified atom stereocenters. The molecule has 0 fully saturated rings. The molecule has 6 nitrogen and oxygen atoms in total. The van der Waals surface area contributed by atoms with Gasteiger partial charge < -0.3 is 36.8 Å².